The fraction of sp³-hybridized carbons (Fsp3) is 0.333. The molecule has 0 aliphatic carbocycles. The van der Waals surface area contributed by atoms with Crippen LogP contribution in [-0.2, 0) is 6.54 Å². The van der Waals surface area contributed by atoms with Crippen LogP contribution in [0.25, 0.3) is 11.0 Å². The molecule has 0 aliphatic heterocycles. The molecule has 0 atom stereocenters. The van der Waals surface area contributed by atoms with Gasteiger partial charge in [-0.1, -0.05) is 11.6 Å². The van der Waals surface area contributed by atoms with Crippen LogP contribution in [0, 0.1) is 0 Å². The zero-order valence-electron chi connectivity index (χ0n) is 13.1. The van der Waals surface area contributed by atoms with Crippen LogP contribution < -0.4 is 10.1 Å². The Kier molecular flexibility index (Phi) is 4.29. The van der Waals surface area contributed by atoms with Crippen molar-refractivity contribution < 1.29 is 4.74 Å². The standard InChI is InChI=1S/C15H17ClN6O/c1-9(2)22-15-11(7-20-22)4-10(14(16)21-15)6-17-12-5-13(23-3)19-8-18-12/h4-5,7-9H,6H2,1-3H3,(H,17,18,19). The Hall–Kier alpha value is -2.41. The summed E-state index contributed by atoms with van der Waals surface area (Å²) in [6.07, 6.45) is 3.24. The molecule has 0 fully saturated rings. The largest absolute Gasteiger partial charge is 0.481 e. The van der Waals surface area contributed by atoms with Crippen LogP contribution in [0.3, 0.4) is 0 Å². The van der Waals surface area contributed by atoms with Crippen molar-refractivity contribution in [3.8, 4) is 5.88 Å². The summed E-state index contributed by atoms with van der Waals surface area (Å²) >= 11 is 6.31. The minimum absolute atomic E-state index is 0.230. The predicted molar refractivity (Wildman–Crippen MR) is 88.8 cm³/mol. The van der Waals surface area contributed by atoms with Gasteiger partial charge in [-0.3, -0.25) is 0 Å². The summed E-state index contributed by atoms with van der Waals surface area (Å²) < 4.78 is 6.93. The first-order chi connectivity index (χ1) is 11.1. The Morgan fingerprint density at radius 2 is 2.13 bits per heavy atom. The van der Waals surface area contributed by atoms with E-state index in [0.717, 1.165) is 16.6 Å². The molecule has 1 N–H and O–H groups in total. The van der Waals surface area contributed by atoms with Crippen LogP contribution in [0.4, 0.5) is 5.82 Å². The van der Waals surface area contributed by atoms with E-state index in [1.54, 1.807) is 19.4 Å². The molecule has 3 aromatic rings. The van der Waals surface area contributed by atoms with E-state index in [9.17, 15) is 0 Å². The second-order valence-electron chi connectivity index (χ2n) is 5.33. The van der Waals surface area contributed by atoms with Crippen molar-refractivity contribution in [2.45, 2.75) is 26.4 Å². The maximum absolute atomic E-state index is 6.31. The fourth-order valence-electron chi connectivity index (χ4n) is 2.23. The molecular formula is C15H17ClN6O. The molecule has 0 saturated heterocycles. The molecule has 0 amide bonds. The molecule has 0 bridgehead atoms. The Labute approximate surface area is 138 Å². The number of methoxy groups -OCH3 is 1. The van der Waals surface area contributed by atoms with E-state index < -0.39 is 0 Å². The zero-order chi connectivity index (χ0) is 16.4. The number of anilines is 1. The van der Waals surface area contributed by atoms with E-state index in [0.29, 0.717) is 23.4 Å². The molecular weight excluding hydrogens is 316 g/mol. The summed E-state index contributed by atoms with van der Waals surface area (Å²) in [5.74, 6) is 1.16. The van der Waals surface area contributed by atoms with Crippen molar-refractivity contribution in [3.63, 3.8) is 0 Å². The van der Waals surface area contributed by atoms with Crippen LogP contribution in [-0.4, -0.2) is 31.8 Å². The normalized spacial score (nSPS) is 11.2. The van der Waals surface area contributed by atoms with Gasteiger partial charge >= 0.3 is 0 Å². The zero-order valence-corrected chi connectivity index (χ0v) is 13.9. The number of fused-ring (bicyclic) bond motifs is 1. The average Bonchev–Trinajstić information content (AvgIpc) is 2.95. The second kappa shape index (κ2) is 6.37. The summed E-state index contributed by atoms with van der Waals surface area (Å²) in [6.45, 7) is 4.61. The number of rotatable bonds is 5. The number of halogens is 1. The van der Waals surface area contributed by atoms with E-state index in [-0.39, 0.29) is 6.04 Å². The molecule has 0 aromatic carbocycles. The molecule has 0 saturated carbocycles. The molecule has 0 unspecified atom stereocenters. The molecule has 8 heteroatoms. The van der Waals surface area contributed by atoms with Gasteiger partial charge in [-0.15, -0.1) is 0 Å². The lowest BCUT2D eigenvalue weighted by Crippen LogP contribution is -2.06. The molecule has 0 spiro atoms. The second-order valence-corrected chi connectivity index (χ2v) is 5.69. The van der Waals surface area contributed by atoms with Crippen molar-refractivity contribution in [1.82, 2.24) is 24.7 Å². The summed E-state index contributed by atoms with van der Waals surface area (Å²) in [7, 11) is 1.56. The Morgan fingerprint density at radius 1 is 1.30 bits per heavy atom. The smallest absolute Gasteiger partial charge is 0.218 e. The molecule has 0 radical (unpaired) electrons. The lowest BCUT2D eigenvalue weighted by atomic mass is 10.2. The highest BCUT2D eigenvalue weighted by Gasteiger charge is 2.11. The number of aromatic nitrogens is 5. The highest BCUT2D eigenvalue weighted by Crippen LogP contribution is 2.23. The van der Waals surface area contributed by atoms with Crippen LogP contribution in [0.15, 0.2) is 24.7 Å². The first-order valence-corrected chi connectivity index (χ1v) is 7.59. The SMILES string of the molecule is COc1cc(NCc2cc3cnn(C(C)C)c3nc2Cl)ncn1. The highest BCUT2D eigenvalue weighted by atomic mass is 35.5. The van der Waals surface area contributed by atoms with Gasteiger partial charge in [0.2, 0.25) is 5.88 Å². The predicted octanol–water partition coefficient (Wildman–Crippen LogP) is 3.08. The van der Waals surface area contributed by atoms with Gasteiger partial charge in [0.15, 0.2) is 5.65 Å². The van der Waals surface area contributed by atoms with Gasteiger partial charge in [0, 0.05) is 29.6 Å². The van der Waals surface area contributed by atoms with Gasteiger partial charge in [-0.05, 0) is 19.9 Å². The van der Waals surface area contributed by atoms with E-state index in [1.807, 2.05) is 10.7 Å². The molecule has 3 heterocycles. The van der Waals surface area contributed by atoms with E-state index >= 15 is 0 Å². The monoisotopic (exact) mass is 332 g/mol. The van der Waals surface area contributed by atoms with Gasteiger partial charge in [0.05, 0.1) is 13.3 Å². The maximum atomic E-state index is 6.31. The van der Waals surface area contributed by atoms with E-state index in [4.69, 9.17) is 16.3 Å². The molecule has 7 nitrogen and oxygen atoms in total. The third-order valence-corrected chi connectivity index (χ3v) is 3.72. The minimum Gasteiger partial charge on any atom is -0.481 e. The number of hydrogen-bond acceptors (Lipinski definition) is 6. The summed E-state index contributed by atoms with van der Waals surface area (Å²) in [4.78, 5) is 12.6. The molecule has 0 aliphatic rings. The lowest BCUT2D eigenvalue weighted by Gasteiger charge is -2.09. The number of nitrogens with one attached hydrogen (secondary N) is 1. The van der Waals surface area contributed by atoms with Crippen LogP contribution in [0.1, 0.15) is 25.5 Å². The number of pyridine rings is 1. The van der Waals surface area contributed by atoms with Crippen molar-refractivity contribution in [2.24, 2.45) is 0 Å². The van der Waals surface area contributed by atoms with Crippen molar-refractivity contribution in [2.75, 3.05) is 12.4 Å². The first kappa shape index (κ1) is 15.5. The topological polar surface area (TPSA) is 77.8 Å². The van der Waals surface area contributed by atoms with Gasteiger partial charge in [0.1, 0.15) is 17.3 Å². The molecule has 120 valence electrons. The Bertz CT molecular complexity index is 832. The first-order valence-electron chi connectivity index (χ1n) is 7.21. The summed E-state index contributed by atoms with van der Waals surface area (Å²) in [6, 6.07) is 3.94. The Balaban J connectivity index is 1.84. The minimum atomic E-state index is 0.230. The Morgan fingerprint density at radius 3 is 2.87 bits per heavy atom. The van der Waals surface area contributed by atoms with Crippen LogP contribution in [0.2, 0.25) is 5.15 Å². The van der Waals surface area contributed by atoms with Gasteiger partial charge in [0.25, 0.3) is 0 Å². The van der Waals surface area contributed by atoms with E-state index in [1.165, 1.54) is 6.33 Å². The fourth-order valence-corrected chi connectivity index (χ4v) is 2.44. The van der Waals surface area contributed by atoms with Gasteiger partial charge in [-0.25, -0.2) is 19.6 Å². The van der Waals surface area contributed by atoms with Gasteiger partial charge < -0.3 is 10.1 Å². The summed E-state index contributed by atoms with van der Waals surface area (Å²) in [5, 5.41) is 8.95. The molecule has 3 rings (SSSR count). The van der Waals surface area contributed by atoms with E-state index in [2.05, 4.69) is 39.2 Å². The quantitative estimate of drug-likeness (QED) is 0.723. The van der Waals surface area contributed by atoms with Gasteiger partial charge in [-0.2, -0.15) is 5.10 Å². The number of ether oxygens (including phenoxy) is 1. The van der Waals surface area contributed by atoms with Crippen LogP contribution >= 0.6 is 11.6 Å². The van der Waals surface area contributed by atoms with Crippen LogP contribution in [0.5, 0.6) is 5.88 Å². The average molecular weight is 333 g/mol. The van der Waals surface area contributed by atoms with Crippen molar-refractivity contribution in [1.29, 1.82) is 0 Å². The molecule has 3 aromatic heterocycles. The third kappa shape index (κ3) is 3.19. The number of hydrogen-bond donors (Lipinski definition) is 1. The summed E-state index contributed by atoms with van der Waals surface area (Å²) in [5.41, 5.74) is 1.66. The lowest BCUT2D eigenvalue weighted by molar-refractivity contribution is 0.397. The maximum Gasteiger partial charge on any atom is 0.218 e. The molecule has 23 heavy (non-hydrogen) atoms. The number of nitrogens with zero attached hydrogens (tertiary/aromatic N) is 5. The van der Waals surface area contributed by atoms with Crippen molar-refractivity contribution >= 4 is 28.5 Å². The highest BCUT2D eigenvalue weighted by molar-refractivity contribution is 6.30. The third-order valence-electron chi connectivity index (χ3n) is 3.40. The van der Waals surface area contributed by atoms with Crippen molar-refractivity contribution in [3.05, 3.63) is 35.4 Å².